The fourth-order valence-corrected chi connectivity index (χ4v) is 2.75. The SMILES string of the molecule is CCCNc1ccc(C(=O)NCc2ccc(Cl)s2)cc1. The molecule has 1 aromatic heterocycles. The van der Waals surface area contributed by atoms with E-state index in [1.165, 1.54) is 11.3 Å². The van der Waals surface area contributed by atoms with Crippen LogP contribution >= 0.6 is 22.9 Å². The number of benzene rings is 1. The maximum Gasteiger partial charge on any atom is 0.251 e. The van der Waals surface area contributed by atoms with Crippen LogP contribution in [-0.4, -0.2) is 12.5 Å². The highest BCUT2D eigenvalue weighted by atomic mass is 35.5. The van der Waals surface area contributed by atoms with E-state index >= 15 is 0 Å². The summed E-state index contributed by atoms with van der Waals surface area (Å²) in [6.07, 6.45) is 1.08. The van der Waals surface area contributed by atoms with Gasteiger partial charge in [0, 0.05) is 22.7 Å². The molecule has 5 heteroatoms. The highest BCUT2D eigenvalue weighted by Crippen LogP contribution is 2.21. The maximum absolute atomic E-state index is 12.0. The maximum atomic E-state index is 12.0. The minimum Gasteiger partial charge on any atom is -0.385 e. The summed E-state index contributed by atoms with van der Waals surface area (Å²) in [6.45, 7) is 3.56. The number of rotatable bonds is 6. The zero-order valence-corrected chi connectivity index (χ0v) is 12.9. The molecule has 3 nitrogen and oxygen atoms in total. The molecule has 20 heavy (non-hydrogen) atoms. The first-order valence-electron chi connectivity index (χ1n) is 6.55. The van der Waals surface area contributed by atoms with Crippen LogP contribution in [0.15, 0.2) is 36.4 Å². The van der Waals surface area contributed by atoms with Crippen molar-refractivity contribution >= 4 is 34.5 Å². The van der Waals surface area contributed by atoms with Crippen LogP contribution in [0.25, 0.3) is 0 Å². The molecule has 1 amide bonds. The number of amides is 1. The van der Waals surface area contributed by atoms with Gasteiger partial charge in [-0.15, -0.1) is 11.3 Å². The van der Waals surface area contributed by atoms with Crippen molar-refractivity contribution in [2.24, 2.45) is 0 Å². The van der Waals surface area contributed by atoms with Gasteiger partial charge < -0.3 is 10.6 Å². The molecule has 0 aliphatic heterocycles. The third-order valence-electron chi connectivity index (χ3n) is 2.78. The Kier molecular flexibility index (Phi) is 5.44. The second kappa shape index (κ2) is 7.31. The Morgan fingerprint density at radius 3 is 2.55 bits per heavy atom. The molecule has 0 saturated carbocycles. The number of nitrogens with one attached hydrogen (secondary N) is 2. The van der Waals surface area contributed by atoms with Crippen molar-refractivity contribution in [1.82, 2.24) is 5.32 Å². The van der Waals surface area contributed by atoms with Crippen LogP contribution in [0.1, 0.15) is 28.6 Å². The van der Waals surface area contributed by atoms with E-state index in [0.29, 0.717) is 12.1 Å². The van der Waals surface area contributed by atoms with Crippen molar-refractivity contribution < 1.29 is 4.79 Å². The van der Waals surface area contributed by atoms with E-state index in [4.69, 9.17) is 11.6 Å². The van der Waals surface area contributed by atoms with E-state index in [2.05, 4.69) is 17.6 Å². The summed E-state index contributed by atoms with van der Waals surface area (Å²) < 4.78 is 0.737. The summed E-state index contributed by atoms with van der Waals surface area (Å²) in [5, 5.41) is 6.16. The summed E-state index contributed by atoms with van der Waals surface area (Å²) in [7, 11) is 0. The third-order valence-corrected chi connectivity index (χ3v) is 4.01. The molecule has 1 aromatic carbocycles. The van der Waals surface area contributed by atoms with Crippen LogP contribution in [-0.2, 0) is 6.54 Å². The number of carbonyl (C=O) groups excluding carboxylic acids is 1. The first-order chi connectivity index (χ1) is 9.69. The Labute approximate surface area is 128 Å². The predicted octanol–water partition coefficient (Wildman–Crippen LogP) is 4.15. The molecule has 1 heterocycles. The van der Waals surface area contributed by atoms with Crippen molar-refractivity contribution in [3.05, 3.63) is 51.2 Å². The minimum atomic E-state index is -0.0726. The second-order valence-electron chi connectivity index (χ2n) is 4.39. The van der Waals surface area contributed by atoms with Crippen LogP contribution in [0.3, 0.4) is 0 Å². The van der Waals surface area contributed by atoms with Crippen molar-refractivity contribution in [2.75, 3.05) is 11.9 Å². The van der Waals surface area contributed by atoms with Gasteiger partial charge in [0.05, 0.1) is 10.9 Å². The number of anilines is 1. The van der Waals surface area contributed by atoms with Gasteiger partial charge in [0.15, 0.2) is 0 Å². The van der Waals surface area contributed by atoms with Crippen molar-refractivity contribution in [1.29, 1.82) is 0 Å². The number of carbonyl (C=O) groups is 1. The standard InChI is InChI=1S/C15H17ClN2OS/c1-2-9-17-12-5-3-11(4-6-12)15(19)18-10-13-7-8-14(16)20-13/h3-8,17H,2,9-10H2,1H3,(H,18,19). The predicted molar refractivity (Wildman–Crippen MR) is 85.7 cm³/mol. The largest absolute Gasteiger partial charge is 0.385 e. The smallest absolute Gasteiger partial charge is 0.251 e. The quantitative estimate of drug-likeness (QED) is 0.841. The Bertz CT molecular complexity index is 566. The molecule has 0 spiro atoms. The molecule has 0 unspecified atom stereocenters. The second-order valence-corrected chi connectivity index (χ2v) is 6.19. The van der Waals surface area contributed by atoms with Crippen LogP contribution in [0.2, 0.25) is 4.34 Å². The molecule has 2 N–H and O–H groups in total. The monoisotopic (exact) mass is 308 g/mol. The summed E-state index contributed by atoms with van der Waals surface area (Å²) in [5.41, 5.74) is 1.70. The summed E-state index contributed by atoms with van der Waals surface area (Å²) in [6, 6.07) is 11.3. The normalized spacial score (nSPS) is 10.3. The van der Waals surface area contributed by atoms with Gasteiger partial charge in [0.1, 0.15) is 0 Å². The average Bonchev–Trinajstić information content (AvgIpc) is 2.89. The summed E-state index contributed by atoms with van der Waals surface area (Å²) in [4.78, 5) is 13.0. The van der Waals surface area contributed by atoms with Crippen molar-refractivity contribution in [3.8, 4) is 0 Å². The third kappa shape index (κ3) is 4.25. The summed E-state index contributed by atoms with van der Waals surface area (Å²) in [5.74, 6) is -0.0726. The number of halogens is 1. The number of thiophene rings is 1. The lowest BCUT2D eigenvalue weighted by Crippen LogP contribution is -2.22. The van der Waals surface area contributed by atoms with Crippen LogP contribution in [0, 0.1) is 0 Å². The lowest BCUT2D eigenvalue weighted by atomic mass is 10.2. The molecular weight excluding hydrogens is 292 g/mol. The Balaban J connectivity index is 1.88. The first kappa shape index (κ1) is 14.9. The average molecular weight is 309 g/mol. The van der Waals surface area contributed by atoms with Gasteiger partial charge in [-0.2, -0.15) is 0 Å². The Morgan fingerprint density at radius 1 is 1.20 bits per heavy atom. The molecule has 0 fully saturated rings. The van der Waals surface area contributed by atoms with E-state index in [1.807, 2.05) is 36.4 Å². The van der Waals surface area contributed by atoms with Gasteiger partial charge in [-0.05, 0) is 42.8 Å². The van der Waals surface area contributed by atoms with E-state index < -0.39 is 0 Å². The lowest BCUT2D eigenvalue weighted by molar-refractivity contribution is 0.0951. The highest BCUT2D eigenvalue weighted by Gasteiger charge is 2.06. The van der Waals surface area contributed by atoms with Crippen LogP contribution < -0.4 is 10.6 Å². The van der Waals surface area contributed by atoms with E-state index in [1.54, 1.807) is 0 Å². The Hall–Kier alpha value is -1.52. The van der Waals surface area contributed by atoms with Gasteiger partial charge in [-0.25, -0.2) is 0 Å². The van der Waals surface area contributed by atoms with E-state index in [-0.39, 0.29) is 5.91 Å². The van der Waals surface area contributed by atoms with E-state index in [9.17, 15) is 4.79 Å². The molecule has 106 valence electrons. The molecule has 0 bridgehead atoms. The lowest BCUT2D eigenvalue weighted by Gasteiger charge is -2.07. The number of hydrogen-bond donors (Lipinski definition) is 2. The molecule has 2 aromatic rings. The van der Waals surface area contributed by atoms with Gasteiger partial charge in [-0.1, -0.05) is 18.5 Å². The minimum absolute atomic E-state index is 0.0726. The van der Waals surface area contributed by atoms with Crippen LogP contribution in [0.5, 0.6) is 0 Å². The zero-order chi connectivity index (χ0) is 14.4. The fraction of sp³-hybridized carbons (Fsp3) is 0.267. The first-order valence-corrected chi connectivity index (χ1v) is 7.75. The molecule has 0 saturated heterocycles. The van der Waals surface area contributed by atoms with Crippen LogP contribution in [0.4, 0.5) is 5.69 Å². The molecule has 0 atom stereocenters. The van der Waals surface area contributed by atoms with Gasteiger partial charge >= 0.3 is 0 Å². The topological polar surface area (TPSA) is 41.1 Å². The number of hydrogen-bond acceptors (Lipinski definition) is 3. The Morgan fingerprint density at radius 2 is 1.95 bits per heavy atom. The highest BCUT2D eigenvalue weighted by molar-refractivity contribution is 7.16. The molecule has 2 rings (SSSR count). The fourth-order valence-electron chi connectivity index (χ4n) is 1.72. The van der Waals surface area contributed by atoms with E-state index in [0.717, 1.165) is 27.9 Å². The molecule has 0 radical (unpaired) electrons. The molecular formula is C15H17ClN2OS. The molecule has 0 aliphatic carbocycles. The van der Waals surface area contributed by atoms with Crippen molar-refractivity contribution in [3.63, 3.8) is 0 Å². The van der Waals surface area contributed by atoms with Gasteiger partial charge in [-0.3, -0.25) is 4.79 Å². The summed E-state index contributed by atoms with van der Waals surface area (Å²) >= 11 is 7.33. The zero-order valence-electron chi connectivity index (χ0n) is 11.3. The van der Waals surface area contributed by atoms with Crippen molar-refractivity contribution in [2.45, 2.75) is 19.9 Å². The molecule has 0 aliphatic rings. The van der Waals surface area contributed by atoms with Gasteiger partial charge in [0.2, 0.25) is 0 Å². The van der Waals surface area contributed by atoms with Gasteiger partial charge in [0.25, 0.3) is 5.91 Å².